The predicted octanol–water partition coefficient (Wildman–Crippen LogP) is 1.61. The Bertz CT molecular complexity index is 613. The molecule has 0 amide bonds. The lowest BCUT2D eigenvalue weighted by Gasteiger charge is -2.28. The highest BCUT2D eigenvalue weighted by Crippen LogP contribution is 2.30. The molecule has 2 aromatic heterocycles. The first-order valence-electron chi connectivity index (χ1n) is 6.30. The summed E-state index contributed by atoms with van der Waals surface area (Å²) < 4.78 is 1.61. The van der Waals surface area contributed by atoms with E-state index in [0.717, 1.165) is 11.1 Å². The molecule has 3 aromatic rings. The standard InChI is InChI=1S/C15H14N4O/c20-15(10-19-12-17-11-18-19,13-5-2-1-3-6-13)14-7-4-8-16-9-14/h1-9,11-12,20H,10H2. The molecule has 20 heavy (non-hydrogen) atoms. The molecule has 2 heterocycles. The molecule has 0 saturated heterocycles. The highest BCUT2D eigenvalue weighted by Gasteiger charge is 2.32. The van der Waals surface area contributed by atoms with Crippen molar-refractivity contribution in [3.05, 3.63) is 78.6 Å². The Balaban J connectivity index is 2.08. The average molecular weight is 266 g/mol. The molecule has 100 valence electrons. The second kappa shape index (κ2) is 5.22. The van der Waals surface area contributed by atoms with E-state index in [1.807, 2.05) is 42.5 Å². The van der Waals surface area contributed by atoms with Gasteiger partial charge in [-0.2, -0.15) is 5.10 Å². The second-order valence-electron chi connectivity index (χ2n) is 4.56. The van der Waals surface area contributed by atoms with Crippen LogP contribution < -0.4 is 0 Å². The molecular formula is C15H14N4O. The number of aromatic nitrogens is 4. The minimum Gasteiger partial charge on any atom is -0.378 e. The Hall–Kier alpha value is -2.53. The highest BCUT2D eigenvalue weighted by molar-refractivity contribution is 5.34. The minimum atomic E-state index is -1.19. The van der Waals surface area contributed by atoms with Gasteiger partial charge in [-0.3, -0.25) is 4.98 Å². The zero-order valence-electron chi connectivity index (χ0n) is 10.8. The fourth-order valence-electron chi connectivity index (χ4n) is 2.22. The van der Waals surface area contributed by atoms with Gasteiger partial charge in [-0.05, 0) is 11.6 Å². The van der Waals surface area contributed by atoms with Crippen LogP contribution in [0.2, 0.25) is 0 Å². The van der Waals surface area contributed by atoms with Crippen molar-refractivity contribution in [2.75, 3.05) is 0 Å². The van der Waals surface area contributed by atoms with Gasteiger partial charge in [-0.15, -0.1) is 0 Å². The van der Waals surface area contributed by atoms with E-state index in [0.29, 0.717) is 0 Å². The maximum atomic E-state index is 11.2. The van der Waals surface area contributed by atoms with Gasteiger partial charge in [0, 0.05) is 18.0 Å². The lowest BCUT2D eigenvalue weighted by atomic mass is 9.87. The Morgan fingerprint density at radius 3 is 2.45 bits per heavy atom. The summed E-state index contributed by atoms with van der Waals surface area (Å²) >= 11 is 0. The normalized spacial score (nSPS) is 13.8. The van der Waals surface area contributed by atoms with Gasteiger partial charge in [0.2, 0.25) is 0 Å². The molecule has 0 spiro atoms. The Labute approximate surface area is 116 Å². The van der Waals surface area contributed by atoms with Gasteiger partial charge >= 0.3 is 0 Å². The van der Waals surface area contributed by atoms with Crippen molar-refractivity contribution in [2.24, 2.45) is 0 Å². The fraction of sp³-hybridized carbons (Fsp3) is 0.133. The van der Waals surface area contributed by atoms with Gasteiger partial charge in [0.05, 0.1) is 6.54 Å². The topological polar surface area (TPSA) is 63.8 Å². The van der Waals surface area contributed by atoms with E-state index in [2.05, 4.69) is 15.1 Å². The van der Waals surface area contributed by atoms with E-state index in [-0.39, 0.29) is 6.54 Å². The molecule has 1 N–H and O–H groups in total. The van der Waals surface area contributed by atoms with E-state index in [9.17, 15) is 5.11 Å². The van der Waals surface area contributed by atoms with Crippen LogP contribution in [0.3, 0.4) is 0 Å². The maximum absolute atomic E-state index is 11.2. The highest BCUT2D eigenvalue weighted by atomic mass is 16.3. The first-order chi connectivity index (χ1) is 9.79. The van der Waals surface area contributed by atoms with E-state index >= 15 is 0 Å². The van der Waals surface area contributed by atoms with Crippen LogP contribution in [0.5, 0.6) is 0 Å². The lowest BCUT2D eigenvalue weighted by molar-refractivity contribution is 0.0569. The summed E-state index contributed by atoms with van der Waals surface area (Å²) in [5.74, 6) is 0. The number of hydrogen-bond acceptors (Lipinski definition) is 4. The molecule has 0 aliphatic rings. The Morgan fingerprint density at radius 1 is 1.00 bits per heavy atom. The molecule has 0 radical (unpaired) electrons. The number of nitrogens with zero attached hydrogens (tertiary/aromatic N) is 4. The van der Waals surface area contributed by atoms with Crippen molar-refractivity contribution >= 4 is 0 Å². The number of aliphatic hydroxyl groups is 1. The van der Waals surface area contributed by atoms with Crippen molar-refractivity contribution in [3.8, 4) is 0 Å². The van der Waals surface area contributed by atoms with Crippen molar-refractivity contribution in [1.29, 1.82) is 0 Å². The SMILES string of the molecule is OC(Cn1cncn1)(c1ccccc1)c1cccnc1. The van der Waals surface area contributed by atoms with Crippen molar-refractivity contribution in [3.63, 3.8) is 0 Å². The molecule has 0 bridgehead atoms. The summed E-state index contributed by atoms with van der Waals surface area (Å²) in [5.41, 5.74) is 0.327. The number of benzene rings is 1. The summed E-state index contributed by atoms with van der Waals surface area (Å²) in [5, 5.41) is 15.3. The van der Waals surface area contributed by atoms with Crippen LogP contribution in [-0.4, -0.2) is 24.9 Å². The molecule has 3 rings (SSSR count). The van der Waals surface area contributed by atoms with Crippen LogP contribution in [0.25, 0.3) is 0 Å². The van der Waals surface area contributed by atoms with Crippen LogP contribution in [0.4, 0.5) is 0 Å². The molecule has 1 atom stereocenters. The zero-order chi connectivity index (χ0) is 13.8. The minimum absolute atomic E-state index is 0.280. The molecule has 0 saturated carbocycles. The van der Waals surface area contributed by atoms with E-state index in [1.165, 1.54) is 6.33 Å². The summed E-state index contributed by atoms with van der Waals surface area (Å²) in [6.45, 7) is 0.280. The van der Waals surface area contributed by atoms with E-state index < -0.39 is 5.60 Å². The average Bonchev–Trinajstić information content (AvgIpc) is 3.02. The lowest BCUT2D eigenvalue weighted by Crippen LogP contribution is -2.33. The maximum Gasteiger partial charge on any atom is 0.137 e. The van der Waals surface area contributed by atoms with Crippen LogP contribution in [0.15, 0.2) is 67.5 Å². The summed E-state index contributed by atoms with van der Waals surface area (Å²) in [6.07, 6.45) is 6.40. The summed E-state index contributed by atoms with van der Waals surface area (Å²) in [6, 6.07) is 13.2. The molecule has 0 aliphatic carbocycles. The van der Waals surface area contributed by atoms with Gasteiger partial charge in [-0.1, -0.05) is 36.4 Å². The van der Waals surface area contributed by atoms with Gasteiger partial charge in [0.1, 0.15) is 18.3 Å². The smallest absolute Gasteiger partial charge is 0.137 e. The summed E-state index contributed by atoms with van der Waals surface area (Å²) in [7, 11) is 0. The van der Waals surface area contributed by atoms with Gasteiger partial charge < -0.3 is 5.11 Å². The molecule has 5 nitrogen and oxygen atoms in total. The third-order valence-electron chi connectivity index (χ3n) is 3.25. The molecule has 5 heteroatoms. The molecular weight excluding hydrogens is 252 g/mol. The van der Waals surface area contributed by atoms with Crippen LogP contribution in [-0.2, 0) is 12.1 Å². The predicted molar refractivity (Wildman–Crippen MR) is 73.7 cm³/mol. The monoisotopic (exact) mass is 266 g/mol. The first-order valence-corrected chi connectivity index (χ1v) is 6.30. The van der Waals surface area contributed by atoms with E-state index in [4.69, 9.17) is 0 Å². The first kappa shape index (κ1) is 12.5. The van der Waals surface area contributed by atoms with E-state index in [1.54, 1.807) is 23.4 Å². The van der Waals surface area contributed by atoms with Gasteiger partial charge in [0.15, 0.2) is 0 Å². The largest absolute Gasteiger partial charge is 0.378 e. The number of hydrogen-bond donors (Lipinski definition) is 1. The molecule has 0 aliphatic heterocycles. The zero-order valence-corrected chi connectivity index (χ0v) is 10.8. The molecule has 1 aromatic carbocycles. The van der Waals surface area contributed by atoms with Crippen LogP contribution >= 0.6 is 0 Å². The second-order valence-corrected chi connectivity index (χ2v) is 4.56. The molecule has 0 fully saturated rings. The number of pyridine rings is 1. The van der Waals surface area contributed by atoms with Gasteiger partial charge in [0.25, 0.3) is 0 Å². The summed E-state index contributed by atoms with van der Waals surface area (Å²) in [4.78, 5) is 8.02. The third kappa shape index (κ3) is 2.31. The van der Waals surface area contributed by atoms with Gasteiger partial charge in [-0.25, -0.2) is 9.67 Å². The van der Waals surface area contributed by atoms with Crippen molar-refractivity contribution < 1.29 is 5.11 Å². The van der Waals surface area contributed by atoms with Crippen molar-refractivity contribution in [1.82, 2.24) is 19.7 Å². The third-order valence-corrected chi connectivity index (χ3v) is 3.25. The van der Waals surface area contributed by atoms with Crippen LogP contribution in [0.1, 0.15) is 11.1 Å². The Morgan fingerprint density at radius 2 is 1.80 bits per heavy atom. The fourth-order valence-corrected chi connectivity index (χ4v) is 2.22. The molecule has 1 unspecified atom stereocenters. The number of rotatable bonds is 4. The Kier molecular flexibility index (Phi) is 3.26. The quantitative estimate of drug-likeness (QED) is 0.779. The van der Waals surface area contributed by atoms with Crippen molar-refractivity contribution in [2.45, 2.75) is 12.1 Å². The van der Waals surface area contributed by atoms with Crippen LogP contribution in [0, 0.1) is 0 Å².